The van der Waals surface area contributed by atoms with Crippen molar-refractivity contribution in [1.29, 1.82) is 0 Å². The van der Waals surface area contributed by atoms with Crippen LogP contribution in [0, 0.1) is 0 Å². The van der Waals surface area contributed by atoms with Crippen molar-refractivity contribution in [2.75, 3.05) is 13.7 Å². The van der Waals surface area contributed by atoms with Crippen molar-refractivity contribution in [2.24, 2.45) is 0 Å². The summed E-state index contributed by atoms with van der Waals surface area (Å²) in [7, 11) is 1.56. The Morgan fingerprint density at radius 1 is 1.21 bits per heavy atom. The molecule has 1 rings (SSSR count). The van der Waals surface area contributed by atoms with Gasteiger partial charge in [0.05, 0.1) is 25.3 Å². The van der Waals surface area contributed by atoms with Crippen molar-refractivity contribution in [3.8, 4) is 5.75 Å². The number of hydrogen-bond acceptors (Lipinski definition) is 5. The zero-order chi connectivity index (χ0) is 18.3. The molecule has 1 aromatic carbocycles. The van der Waals surface area contributed by atoms with E-state index in [0.717, 1.165) is 0 Å². The van der Waals surface area contributed by atoms with E-state index in [0.29, 0.717) is 11.3 Å². The minimum atomic E-state index is -0.759. The van der Waals surface area contributed by atoms with E-state index in [1.165, 1.54) is 0 Å². The normalized spacial score (nSPS) is 12.0. The summed E-state index contributed by atoms with van der Waals surface area (Å²) in [6.45, 7) is 11.0. The van der Waals surface area contributed by atoms with Crippen molar-refractivity contribution in [3.05, 3.63) is 42.0 Å². The van der Waals surface area contributed by atoms with Gasteiger partial charge in [0.1, 0.15) is 11.4 Å². The number of carbonyl (C=O) groups is 2. The van der Waals surface area contributed by atoms with E-state index in [2.05, 4.69) is 11.9 Å². The van der Waals surface area contributed by atoms with Crippen LogP contribution in [0.15, 0.2) is 36.4 Å². The average Bonchev–Trinajstić information content (AvgIpc) is 2.50. The first kappa shape index (κ1) is 19.5. The molecule has 24 heavy (non-hydrogen) atoms. The molecule has 132 valence electrons. The quantitative estimate of drug-likeness (QED) is 0.637. The number of carbonyl (C=O) groups excluding carboxylic acids is 2. The summed E-state index contributed by atoms with van der Waals surface area (Å²) in [6, 6.07) is 6.19. The molecule has 0 bridgehead atoms. The Kier molecular flexibility index (Phi) is 6.82. The van der Waals surface area contributed by atoms with Crippen molar-refractivity contribution in [1.82, 2.24) is 5.32 Å². The molecule has 0 heterocycles. The molecule has 0 spiro atoms. The fourth-order valence-electron chi connectivity index (χ4n) is 1.94. The first-order valence-electron chi connectivity index (χ1n) is 7.67. The topological polar surface area (TPSA) is 73.9 Å². The minimum Gasteiger partial charge on any atom is -0.497 e. The summed E-state index contributed by atoms with van der Waals surface area (Å²) < 4.78 is 15.4. The number of benzene rings is 1. The van der Waals surface area contributed by atoms with Crippen molar-refractivity contribution in [2.45, 2.75) is 39.3 Å². The Morgan fingerprint density at radius 3 is 2.25 bits per heavy atom. The SMILES string of the molecule is C=C(C(=O)OCC)[C@@H](NC(=O)OC(C)(C)C)c1ccc(OC)cc1. The lowest BCUT2D eigenvalue weighted by atomic mass is 10.00. The second-order valence-corrected chi connectivity index (χ2v) is 6.10. The lowest BCUT2D eigenvalue weighted by Gasteiger charge is -2.24. The number of alkyl carbamates (subject to hydrolysis) is 1. The average molecular weight is 335 g/mol. The molecule has 0 saturated heterocycles. The Labute approximate surface area is 142 Å². The van der Waals surface area contributed by atoms with Gasteiger partial charge in [0.25, 0.3) is 0 Å². The van der Waals surface area contributed by atoms with E-state index in [4.69, 9.17) is 14.2 Å². The minimum absolute atomic E-state index is 0.118. The van der Waals surface area contributed by atoms with Gasteiger partial charge in [-0.25, -0.2) is 9.59 Å². The van der Waals surface area contributed by atoms with Crippen LogP contribution in [-0.4, -0.2) is 31.4 Å². The molecular formula is C18H25NO5. The zero-order valence-electron chi connectivity index (χ0n) is 14.8. The molecule has 6 heteroatoms. The number of nitrogens with one attached hydrogen (secondary N) is 1. The predicted octanol–water partition coefficient (Wildman–Crippen LogP) is 3.38. The summed E-state index contributed by atoms with van der Waals surface area (Å²) >= 11 is 0. The Morgan fingerprint density at radius 2 is 1.79 bits per heavy atom. The van der Waals surface area contributed by atoms with E-state index >= 15 is 0 Å². The van der Waals surface area contributed by atoms with E-state index in [-0.39, 0.29) is 12.2 Å². The van der Waals surface area contributed by atoms with E-state index < -0.39 is 23.7 Å². The molecule has 0 aliphatic carbocycles. The standard InChI is InChI=1S/C18H25NO5/c1-7-23-16(20)12(2)15(19-17(21)24-18(3,4)5)13-8-10-14(22-6)11-9-13/h8-11,15H,2,7H2,1,3-6H3,(H,19,21)/t15-/m1/s1. The predicted molar refractivity (Wildman–Crippen MR) is 90.9 cm³/mol. The van der Waals surface area contributed by atoms with E-state index in [9.17, 15) is 9.59 Å². The Balaban J connectivity index is 3.04. The fourth-order valence-corrected chi connectivity index (χ4v) is 1.94. The molecule has 0 radical (unpaired) electrons. The van der Waals surface area contributed by atoms with Gasteiger partial charge in [-0.05, 0) is 45.4 Å². The highest BCUT2D eigenvalue weighted by Gasteiger charge is 2.26. The highest BCUT2D eigenvalue weighted by Crippen LogP contribution is 2.24. The first-order chi connectivity index (χ1) is 11.2. The number of amides is 1. The van der Waals surface area contributed by atoms with Crippen LogP contribution < -0.4 is 10.1 Å². The molecular weight excluding hydrogens is 310 g/mol. The van der Waals surface area contributed by atoms with Crippen LogP contribution in [0.25, 0.3) is 0 Å². The Hall–Kier alpha value is -2.50. The maximum absolute atomic E-state index is 12.1. The first-order valence-corrected chi connectivity index (χ1v) is 7.67. The highest BCUT2D eigenvalue weighted by atomic mass is 16.6. The van der Waals surface area contributed by atoms with Crippen molar-refractivity contribution >= 4 is 12.1 Å². The molecule has 0 unspecified atom stereocenters. The van der Waals surface area contributed by atoms with Gasteiger partial charge >= 0.3 is 12.1 Å². The smallest absolute Gasteiger partial charge is 0.408 e. The molecule has 1 N–H and O–H groups in total. The summed E-state index contributed by atoms with van der Waals surface area (Å²) in [5.74, 6) is 0.0888. The number of ether oxygens (including phenoxy) is 3. The van der Waals surface area contributed by atoms with Gasteiger partial charge in [-0.1, -0.05) is 18.7 Å². The van der Waals surface area contributed by atoms with Crippen molar-refractivity contribution < 1.29 is 23.8 Å². The molecule has 0 aliphatic rings. The monoisotopic (exact) mass is 335 g/mol. The van der Waals surface area contributed by atoms with Crippen LogP contribution in [0.3, 0.4) is 0 Å². The third-order valence-electron chi connectivity index (χ3n) is 3.00. The molecule has 0 fully saturated rings. The zero-order valence-corrected chi connectivity index (χ0v) is 14.8. The van der Waals surface area contributed by atoms with Gasteiger partial charge in [-0.3, -0.25) is 0 Å². The van der Waals surface area contributed by atoms with E-state index in [1.54, 1.807) is 59.1 Å². The Bertz CT molecular complexity index is 586. The maximum Gasteiger partial charge on any atom is 0.408 e. The van der Waals surface area contributed by atoms with Gasteiger partial charge in [0.15, 0.2) is 0 Å². The van der Waals surface area contributed by atoms with Crippen LogP contribution in [0.2, 0.25) is 0 Å². The van der Waals surface area contributed by atoms with E-state index in [1.807, 2.05) is 0 Å². The fraction of sp³-hybridized carbons (Fsp3) is 0.444. The summed E-state index contributed by atoms with van der Waals surface area (Å²) in [5, 5.41) is 2.66. The number of esters is 1. The summed E-state index contributed by atoms with van der Waals surface area (Å²) in [4.78, 5) is 24.1. The van der Waals surface area contributed by atoms with Crippen LogP contribution in [0.4, 0.5) is 4.79 Å². The van der Waals surface area contributed by atoms with Gasteiger partial charge in [-0.2, -0.15) is 0 Å². The lowest BCUT2D eigenvalue weighted by Crippen LogP contribution is -2.36. The molecule has 0 aromatic heterocycles. The lowest BCUT2D eigenvalue weighted by molar-refractivity contribution is -0.138. The van der Waals surface area contributed by atoms with Crippen LogP contribution in [0.5, 0.6) is 5.75 Å². The third kappa shape index (κ3) is 5.95. The summed E-state index contributed by atoms with van der Waals surface area (Å²) in [5.41, 5.74) is 0.132. The highest BCUT2D eigenvalue weighted by molar-refractivity contribution is 5.90. The molecule has 0 aliphatic heterocycles. The van der Waals surface area contributed by atoms with Gasteiger partial charge < -0.3 is 19.5 Å². The molecule has 1 amide bonds. The van der Waals surface area contributed by atoms with Crippen LogP contribution in [-0.2, 0) is 14.3 Å². The number of methoxy groups -OCH3 is 1. The second-order valence-electron chi connectivity index (χ2n) is 6.10. The molecule has 6 nitrogen and oxygen atoms in total. The molecule has 1 aromatic rings. The number of rotatable bonds is 6. The third-order valence-corrected chi connectivity index (χ3v) is 3.00. The maximum atomic E-state index is 12.1. The van der Waals surface area contributed by atoms with Gasteiger partial charge in [-0.15, -0.1) is 0 Å². The second kappa shape index (κ2) is 8.38. The summed E-state index contributed by atoms with van der Waals surface area (Å²) in [6.07, 6.45) is -0.645. The molecule has 0 saturated carbocycles. The van der Waals surface area contributed by atoms with Crippen molar-refractivity contribution in [3.63, 3.8) is 0 Å². The largest absolute Gasteiger partial charge is 0.497 e. The number of hydrogen-bond donors (Lipinski definition) is 1. The van der Waals surface area contributed by atoms with Gasteiger partial charge in [0, 0.05) is 0 Å². The van der Waals surface area contributed by atoms with Gasteiger partial charge in [0.2, 0.25) is 0 Å². The van der Waals surface area contributed by atoms with Crippen LogP contribution in [0.1, 0.15) is 39.3 Å². The van der Waals surface area contributed by atoms with Crippen LogP contribution >= 0.6 is 0 Å². The molecule has 1 atom stereocenters.